The monoisotopic (exact) mass is 348 g/mol. The van der Waals surface area contributed by atoms with Crippen LogP contribution in [0.5, 0.6) is 0 Å². The van der Waals surface area contributed by atoms with Crippen LogP contribution in [0.3, 0.4) is 0 Å². The van der Waals surface area contributed by atoms with E-state index in [0.717, 1.165) is 31.7 Å². The van der Waals surface area contributed by atoms with Gasteiger partial charge in [0.1, 0.15) is 0 Å². The third-order valence-corrected chi connectivity index (χ3v) is 5.00. The van der Waals surface area contributed by atoms with E-state index in [1.165, 1.54) is 17.4 Å². The van der Waals surface area contributed by atoms with Crippen molar-refractivity contribution in [1.29, 1.82) is 0 Å². The summed E-state index contributed by atoms with van der Waals surface area (Å²) in [6.45, 7) is 5.35. The van der Waals surface area contributed by atoms with Gasteiger partial charge in [-0.2, -0.15) is 5.10 Å². The van der Waals surface area contributed by atoms with Crippen LogP contribution in [-0.2, 0) is 16.6 Å². The van der Waals surface area contributed by atoms with E-state index in [4.69, 9.17) is 0 Å². The zero-order valence-electron chi connectivity index (χ0n) is 14.1. The van der Waals surface area contributed by atoms with Crippen molar-refractivity contribution in [3.63, 3.8) is 0 Å². The minimum absolute atomic E-state index is 0.381. The second kappa shape index (κ2) is 7.04. The van der Waals surface area contributed by atoms with Crippen molar-refractivity contribution in [1.82, 2.24) is 19.4 Å². The first-order valence-electron chi connectivity index (χ1n) is 8.16. The van der Waals surface area contributed by atoms with Gasteiger partial charge in [-0.15, -0.1) is 0 Å². The molecular formula is C17H24N4O2S. The number of sulfonamides is 1. The summed E-state index contributed by atoms with van der Waals surface area (Å²) in [5.74, 6) is 0.381. The van der Waals surface area contributed by atoms with Crippen LogP contribution in [0.15, 0.2) is 36.7 Å². The van der Waals surface area contributed by atoms with Gasteiger partial charge in [0.2, 0.25) is 10.0 Å². The fraction of sp³-hybridized carbons (Fsp3) is 0.471. The molecule has 1 saturated heterocycles. The highest BCUT2D eigenvalue weighted by Gasteiger charge is 2.23. The normalized spacial score (nSPS) is 19.0. The van der Waals surface area contributed by atoms with Gasteiger partial charge in [-0.05, 0) is 43.5 Å². The maximum absolute atomic E-state index is 11.2. The number of rotatable bonds is 6. The Kier molecular flexibility index (Phi) is 5.03. The van der Waals surface area contributed by atoms with Crippen LogP contribution < -0.4 is 4.72 Å². The van der Waals surface area contributed by atoms with E-state index in [2.05, 4.69) is 40.0 Å². The fourth-order valence-corrected chi connectivity index (χ4v) is 3.64. The lowest BCUT2D eigenvalue weighted by atomic mass is 10.1. The summed E-state index contributed by atoms with van der Waals surface area (Å²) in [6, 6.07) is 8.26. The summed E-state index contributed by atoms with van der Waals surface area (Å²) in [5.41, 5.74) is 3.46. The molecule has 7 heteroatoms. The fourth-order valence-electron chi connectivity index (χ4n) is 3.10. The Hall–Kier alpha value is -1.70. The second-order valence-corrected chi connectivity index (χ2v) is 8.48. The Bertz CT molecular complexity index is 800. The molecule has 1 aromatic carbocycles. The van der Waals surface area contributed by atoms with E-state index in [-0.39, 0.29) is 0 Å². The molecule has 24 heavy (non-hydrogen) atoms. The number of likely N-dealkylation sites (tertiary alicyclic amines) is 1. The number of hydrogen-bond donors (Lipinski definition) is 1. The molecule has 1 atom stereocenters. The van der Waals surface area contributed by atoms with E-state index in [1.54, 1.807) is 0 Å². The standard InChI is InChI=1S/C17H24N4O2S/c1-14-4-3-5-17(8-14)21-13-16(9-18-21)12-20-7-6-15(11-20)10-19-24(2,22)23/h3-5,8-9,13,15,19H,6-7,10-12H2,1-2H3/t15-/m0/s1. The summed E-state index contributed by atoms with van der Waals surface area (Å²) in [6.07, 6.45) is 6.20. The number of hydrogen-bond acceptors (Lipinski definition) is 4. The molecule has 3 rings (SSSR count). The quantitative estimate of drug-likeness (QED) is 0.860. The first kappa shape index (κ1) is 17.1. The highest BCUT2D eigenvalue weighted by atomic mass is 32.2. The maximum atomic E-state index is 11.2. The van der Waals surface area contributed by atoms with Crippen molar-refractivity contribution in [3.8, 4) is 5.69 Å². The van der Waals surface area contributed by atoms with Gasteiger partial charge in [-0.25, -0.2) is 17.8 Å². The van der Waals surface area contributed by atoms with Crippen LogP contribution in [0.4, 0.5) is 0 Å². The van der Waals surface area contributed by atoms with Gasteiger partial charge >= 0.3 is 0 Å². The lowest BCUT2D eigenvalue weighted by Gasteiger charge is -2.15. The first-order valence-corrected chi connectivity index (χ1v) is 10.1. The van der Waals surface area contributed by atoms with Crippen molar-refractivity contribution in [2.75, 3.05) is 25.9 Å². The van der Waals surface area contributed by atoms with Gasteiger partial charge < -0.3 is 0 Å². The molecule has 1 aliphatic rings. The maximum Gasteiger partial charge on any atom is 0.208 e. The molecule has 2 aromatic rings. The first-order chi connectivity index (χ1) is 11.4. The highest BCUT2D eigenvalue weighted by Crippen LogP contribution is 2.19. The van der Waals surface area contributed by atoms with Crippen molar-refractivity contribution in [2.24, 2.45) is 5.92 Å². The number of aryl methyl sites for hydroxylation is 1. The molecule has 1 N–H and O–H groups in total. The molecule has 0 radical (unpaired) electrons. The Morgan fingerprint density at radius 2 is 2.21 bits per heavy atom. The molecule has 0 spiro atoms. The summed E-state index contributed by atoms with van der Waals surface area (Å²) in [5, 5.41) is 4.46. The summed E-state index contributed by atoms with van der Waals surface area (Å²) in [7, 11) is -3.10. The average Bonchev–Trinajstić information content (AvgIpc) is 3.14. The van der Waals surface area contributed by atoms with Crippen LogP contribution >= 0.6 is 0 Å². The SMILES string of the molecule is Cc1cccc(-n2cc(CN3CC[C@@H](CNS(C)(=O)=O)C3)cn2)c1. The number of aromatic nitrogens is 2. The van der Waals surface area contributed by atoms with Gasteiger partial charge in [0.05, 0.1) is 18.1 Å². The molecule has 6 nitrogen and oxygen atoms in total. The topological polar surface area (TPSA) is 67.2 Å². The second-order valence-electron chi connectivity index (χ2n) is 6.64. The van der Waals surface area contributed by atoms with E-state index < -0.39 is 10.0 Å². The predicted molar refractivity (Wildman–Crippen MR) is 94.5 cm³/mol. The van der Waals surface area contributed by atoms with E-state index in [1.807, 2.05) is 23.0 Å². The molecule has 1 aliphatic heterocycles. The van der Waals surface area contributed by atoms with Crippen LogP contribution in [-0.4, -0.2) is 49.0 Å². The number of nitrogens with zero attached hydrogens (tertiary/aromatic N) is 3. The van der Waals surface area contributed by atoms with Gasteiger partial charge in [-0.3, -0.25) is 4.90 Å². The van der Waals surface area contributed by atoms with Gasteiger partial charge in [0, 0.05) is 31.4 Å². The molecule has 2 heterocycles. The molecule has 0 unspecified atom stereocenters. The minimum Gasteiger partial charge on any atom is -0.299 e. The zero-order chi connectivity index (χ0) is 17.2. The van der Waals surface area contributed by atoms with Gasteiger partial charge in [0.25, 0.3) is 0 Å². The molecular weight excluding hydrogens is 324 g/mol. The van der Waals surface area contributed by atoms with Crippen molar-refractivity contribution in [2.45, 2.75) is 19.9 Å². The Balaban J connectivity index is 1.56. The third-order valence-electron chi connectivity index (χ3n) is 4.31. The van der Waals surface area contributed by atoms with Crippen LogP contribution in [0.25, 0.3) is 5.69 Å². The highest BCUT2D eigenvalue weighted by molar-refractivity contribution is 7.88. The van der Waals surface area contributed by atoms with Crippen LogP contribution in [0, 0.1) is 12.8 Å². The Labute approximate surface area is 143 Å². The summed E-state index contributed by atoms with van der Waals surface area (Å²) in [4.78, 5) is 2.35. The van der Waals surface area contributed by atoms with Crippen LogP contribution in [0.2, 0.25) is 0 Å². The summed E-state index contributed by atoms with van der Waals surface area (Å²) < 4.78 is 26.9. The van der Waals surface area contributed by atoms with Crippen molar-refractivity contribution >= 4 is 10.0 Å². The molecule has 0 amide bonds. The Morgan fingerprint density at radius 3 is 2.96 bits per heavy atom. The zero-order valence-corrected chi connectivity index (χ0v) is 15.0. The van der Waals surface area contributed by atoms with E-state index >= 15 is 0 Å². The molecule has 1 fully saturated rings. The van der Waals surface area contributed by atoms with Gasteiger partial charge in [-0.1, -0.05) is 12.1 Å². The lowest BCUT2D eigenvalue weighted by molar-refractivity contribution is 0.316. The van der Waals surface area contributed by atoms with Crippen LogP contribution in [0.1, 0.15) is 17.5 Å². The number of nitrogens with one attached hydrogen (secondary N) is 1. The predicted octanol–water partition coefficient (Wildman–Crippen LogP) is 1.55. The van der Waals surface area contributed by atoms with E-state index in [0.29, 0.717) is 12.5 Å². The lowest BCUT2D eigenvalue weighted by Crippen LogP contribution is -2.30. The van der Waals surface area contributed by atoms with Crippen molar-refractivity contribution < 1.29 is 8.42 Å². The number of benzene rings is 1. The van der Waals surface area contributed by atoms with Crippen molar-refractivity contribution in [3.05, 3.63) is 47.8 Å². The van der Waals surface area contributed by atoms with Gasteiger partial charge in [0.15, 0.2) is 0 Å². The average molecular weight is 348 g/mol. The summed E-state index contributed by atoms with van der Waals surface area (Å²) >= 11 is 0. The molecule has 0 aliphatic carbocycles. The smallest absolute Gasteiger partial charge is 0.208 e. The molecule has 0 bridgehead atoms. The molecule has 130 valence electrons. The minimum atomic E-state index is -3.10. The largest absolute Gasteiger partial charge is 0.299 e. The van der Waals surface area contributed by atoms with E-state index in [9.17, 15) is 8.42 Å². The molecule has 1 aromatic heterocycles. The third kappa shape index (κ3) is 4.66. The molecule has 0 saturated carbocycles. The Morgan fingerprint density at radius 1 is 1.38 bits per heavy atom.